The Balaban J connectivity index is 1.74. The van der Waals surface area contributed by atoms with Crippen LogP contribution in [0.1, 0.15) is 33.6 Å². The second kappa shape index (κ2) is 5.61. The average Bonchev–Trinajstić information content (AvgIpc) is 2.89. The lowest BCUT2D eigenvalue weighted by Crippen LogP contribution is -2.48. The third-order valence-electron chi connectivity index (χ3n) is 4.55. The Morgan fingerprint density at radius 2 is 2.14 bits per heavy atom. The third-order valence-corrected chi connectivity index (χ3v) is 4.55. The van der Waals surface area contributed by atoms with Crippen LogP contribution in [0.4, 0.5) is 4.79 Å². The molecule has 3 atom stereocenters. The Bertz CT molecular complexity index is 517. The number of carbonyl (C=O) groups excluding carboxylic acids is 1. The van der Waals surface area contributed by atoms with Crippen LogP contribution >= 0.6 is 0 Å². The van der Waals surface area contributed by atoms with Crippen LogP contribution in [0.3, 0.4) is 0 Å². The van der Waals surface area contributed by atoms with E-state index in [4.69, 9.17) is 14.2 Å². The highest BCUT2D eigenvalue weighted by Crippen LogP contribution is 2.41. The molecule has 0 aromatic rings. The van der Waals surface area contributed by atoms with Crippen LogP contribution in [0.5, 0.6) is 0 Å². The van der Waals surface area contributed by atoms with E-state index in [1.165, 1.54) is 5.57 Å². The lowest BCUT2D eigenvalue weighted by molar-refractivity contribution is -0.0244. The maximum absolute atomic E-state index is 12.4. The molecule has 122 valence electrons. The number of methoxy groups -OCH3 is 1. The highest BCUT2D eigenvalue weighted by Gasteiger charge is 2.46. The molecule has 1 amide bonds. The van der Waals surface area contributed by atoms with Crippen molar-refractivity contribution in [1.29, 1.82) is 0 Å². The average molecular weight is 307 g/mol. The van der Waals surface area contributed by atoms with Crippen molar-refractivity contribution in [3.8, 4) is 0 Å². The molecule has 5 heteroatoms. The van der Waals surface area contributed by atoms with Gasteiger partial charge >= 0.3 is 6.09 Å². The number of likely N-dealkylation sites (tertiary alicyclic amines) is 1. The van der Waals surface area contributed by atoms with E-state index in [2.05, 4.69) is 6.08 Å². The summed E-state index contributed by atoms with van der Waals surface area (Å²) in [4.78, 5) is 14.2. The molecule has 0 aromatic carbocycles. The summed E-state index contributed by atoms with van der Waals surface area (Å²) in [5, 5.41) is 0. The number of amides is 1. The van der Waals surface area contributed by atoms with Gasteiger partial charge in [-0.25, -0.2) is 4.79 Å². The molecule has 0 radical (unpaired) electrons. The van der Waals surface area contributed by atoms with Gasteiger partial charge in [0.1, 0.15) is 5.60 Å². The normalized spacial score (nSPS) is 30.9. The Morgan fingerprint density at radius 1 is 1.36 bits per heavy atom. The van der Waals surface area contributed by atoms with Crippen LogP contribution in [0.25, 0.3) is 0 Å². The van der Waals surface area contributed by atoms with Gasteiger partial charge in [-0.05, 0) is 38.8 Å². The van der Waals surface area contributed by atoms with E-state index in [9.17, 15) is 4.79 Å². The zero-order valence-electron chi connectivity index (χ0n) is 13.8. The number of hydrogen-bond acceptors (Lipinski definition) is 4. The van der Waals surface area contributed by atoms with Gasteiger partial charge in [-0.3, -0.25) is 0 Å². The van der Waals surface area contributed by atoms with E-state index in [-0.39, 0.29) is 18.2 Å². The molecule has 1 aliphatic carbocycles. The molecule has 0 saturated carbocycles. The maximum Gasteiger partial charge on any atom is 0.410 e. The van der Waals surface area contributed by atoms with Gasteiger partial charge in [0.25, 0.3) is 0 Å². The van der Waals surface area contributed by atoms with Gasteiger partial charge in [0.05, 0.1) is 31.6 Å². The van der Waals surface area contributed by atoms with Crippen molar-refractivity contribution in [2.75, 3.05) is 20.3 Å². The maximum atomic E-state index is 12.4. The molecule has 3 rings (SSSR count). The predicted octanol–water partition coefficient (Wildman–Crippen LogP) is 2.87. The molecule has 2 fully saturated rings. The summed E-state index contributed by atoms with van der Waals surface area (Å²) in [5.41, 5.74) is 0.830. The number of allylic oxidation sites excluding steroid dienone is 2. The summed E-state index contributed by atoms with van der Waals surface area (Å²) in [6.45, 7) is 6.99. The van der Waals surface area contributed by atoms with Crippen LogP contribution in [0.15, 0.2) is 23.5 Å². The predicted molar refractivity (Wildman–Crippen MR) is 82.4 cm³/mol. The van der Waals surface area contributed by atoms with E-state index in [1.54, 1.807) is 7.11 Å². The minimum absolute atomic E-state index is 0.0924. The Morgan fingerprint density at radius 3 is 2.82 bits per heavy atom. The van der Waals surface area contributed by atoms with Gasteiger partial charge in [0.2, 0.25) is 0 Å². The van der Waals surface area contributed by atoms with Crippen molar-refractivity contribution in [3.05, 3.63) is 23.5 Å². The van der Waals surface area contributed by atoms with Crippen LogP contribution in [0.2, 0.25) is 0 Å². The molecule has 0 N–H and O–H groups in total. The number of rotatable bonds is 1. The number of carbonyl (C=O) groups is 1. The lowest BCUT2D eigenvalue weighted by atomic mass is 9.82. The second-order valence-electron chi connectivity index (χ2n) is 7.17. The Kier molecular flexibility index (Phi) is 3.93. The fourth-order valence-corrected chi connectivity index (χ4v) is 3.54. The summed E-state index contributed by atoms with van der Waals surface area (Å²) < 4.78 is 16.8. The van der Waals surface area contributed by atoms with Crippen LogP contribution in [-0.4, -0.2) is 49.0 Å². The Labute approximate surface area is 131 Å². The van der Waals surface area contributed by atoms with E-state index in [1.807, 2.05) is 31.7 Å². The summed E-state index contributed by atoms with van der Waals surface area (Å²) in [5.74, 6) is 1.33. The standard InChI is InChI=1S/C17H25NO4/c1-17(2,3)22-16(19)18-8-7-12-13-6-5-11(20-4)9-15(13)21-10-14(12)18/h5-6,12,14-15H,7-10H2,1-4H3. The fourth-order valence-electron chi connectivity index (χ4n) is 3.54. The number of ether oxygens (including phenoxy) is 3. The van der Waals surface area contributed by atoms with Gasteiger partial charge < -0.3 is 19.1 Å². The summed E-state index contributed by atoms with van der Waals surface area (Å²) >= 11 is 0. The topological polar surface area (TPSA) is 48.0 Å². The van der Waals surface area contributed by atoms with Gasteiger partial charge in [-0.1, -0.05) is 6.08 Å². The molecule has 2 aliphatic heterocycles. The first-order valence-corrected chi connectivity index (χ1v) is 7.95. The second-order valence-corrected chi connectivity index (χ2v) is 7.17. The Hall–Kier alpha value is -1.49. The monoisotopic (exact) mass is 307 g/mol. The molecular formula is C17H25NO4. The first-order chi connectivity index (χ1) is 10.4. The van der Waals surface area contributed by atoms with E-state index >= 15 is 0 Å². The van der Waals surface area contributed by atoms with E-state index < -0.39 is 5.60 Å². The van der Waals surface area contributed by atoms with E-state index in [0.29, 0.717) is 12.5 Å². The molecule has 2 saturated heterocycles. The molecule has 0 aromatic heterocycles. The van der Waals surface area contributed by atoms with Gasteiger partial charge in [0, 0.05) is 18.9 Å². The summed E-state index contributed by atoms with van der Waals surface area (Å²) in [6.07, 6.45) is 5.77. The fraction of sp³-hybridized carbons (Fsp3) is 0.706. The quantitative estimate of drug-likeness (QED) is 0.747. The largest absolute Gasteiger partial charge is 0.501 e. The van der Waals surface area contributed by atoms with Crippen LogP contribution in [0, 0.1) is 5.92 Å². The van der Waals surface area contributed by atoms with Crippen molar-refractivity contribution in [1.82, 2.24) is 4.90 Å². The zero-order chi connectivity index (χ0) is 15.9. The number of fused-ring (bicyclic) bond motifs is 3. The first kappa shape index (κ1) is 15.4. The molecular weight excluding hydrogens is 282 g/mol. The molecule has 0 spiro atoms. The van der Waals surface area contributed by atoms with Gasteiger partial charge in [-0.2, -0.15) is 0 Å². The molecule has 0 bridgehead atoms. The highest BCUT2D eigenvalue weighted by atomic mass is 16.6. The zero-order valence-corrected chi connectivity index (χ0v) is 13.8. The number of nitrogens with zero attached hydrogens (tertiary/aromatic N) is 1. The van der Waals surface area contributed by atoms with Crippen molar-refractivity contribution in [3.63, 3.8) is 0 Å². The number of hydrogen-bond donors (Lipinski definition) is 0. The summed E-state index contributed by atoms with van der Waals surface area (Å²) in [7, 11) is 1.69. The molecule has 2 heterocycles. The van der Waals surface area contributed by atoms with Crippen molar-refractivity contribution >= 4 is 6.09 Å². The smallest absolute Gasteiger partial charge is 0.410 e. The molecule has 22 heavy (non-hydrogen) atoms. The molecule has 3 unspecified atom stereocenters. The van der Waals surface area contributed by atoms with Crippen LogP contribution < -0.4 is 0 Å². The molecule has 5 nitrogen and oxygen atoms in total. The van der Waals surface area contributed by atoms with Gasteiger partial charge in [0.15, 0.2) is 0 Å². The third kappa shape index (κ3) is 2.86. The molecule has 3 aliphatic rings. The SMILES string of the molecule is COC1=CC=C2C(C1)OCC1C2CCN1C(=O)OC(C)(C)C. The van der Waals surface area contributed by atoms with Crippen LogP contribution in [-0.2, 0) is 14.2 Å². The first-order valence-electron chi connectivity index (χ1n) is 7.95. The minimum Gasteiger partial charge on any atom is -0.501 e. The van der Waals surface area contributed by atoms with E-state index in [0.717, 1.165) is 25.1 Å². The minimum atomic E-state index is -0.465. The van der Waals surface area contributed by atoms with Crippen molar-refractivity contribution in [2.45, 2.75) is 51.4 Å². The lowest BCUT2D eigenvalue weighted by Gasteiger charge is -2.39. The highest BCUT2D eigenvalue weighted by molar-refractivity contribution is 5.69. The summed E-state index contributed by atoms with van der Waals surface area (Å²) in [6, 6.07) is 0.0924. The van der Waals surface area contributed by atoms with Crippen molar-refractivity contribution in [2.24, 2.45) is 5.92 Å². The van der Waals surface area contributed by atoms with Crippen molar-refractivity contribution < 1.29 is 19.0 Å². The van der Waals surface area contributed by atoms with Gasteiger partial charge in [-0.15, -0.1) is 0 Å².